The zero-order valence-corrected chi connectivity index (χ0v) is 11.9. The third-order valence-corrected chi connectivity index (χ3v) is 4.82. The predicted octanol–water partition coefficient (Wildman–Crippen LogP) is 2.89. The van der Waals surface area contributed by atoms with Crippen LogP contribution in [0.15, 0.2) is 0 Å². The number of nitrogens with one attached hydrogen (secondary N) is 1. The molecule has 1 N–H and O–H groups in total. The topological polar surface area (TPSA) is 15.3 Å². The second kappa shape index (κ2) is 6.19. The summed E-state index contributed by atoms with van der Waals surface area (Å²) >= 11 is 0. The Morgan fingerprint density at radius 1 is 1.00 bits per heavy atom. The highest BCUT2D eigenvalue weighted by molar-refractivity contribution is 4.85. The normalized spacial score (nSPS) is 41.1. The maximum atomic E-state index is 3.96. The molecule has 0 radical (unpaired) electrons. The van der Waals surface area contributed by atoms with Crippen LogP contribution in [0.4, 0.5) is 0 Å². The standard InChI is InChI=1S/C15H30N2/c1-12-5-4-6-14(8-7-12)16-15-9-10-17(3)11-13(15)2/h12-16H,4-11H2,1-3H3. The van der Waals surface area contributed by atoms with E-state index in [1.165, 1.54) is 51.6 Å². The molecule has 1 aliphatic carbocycles. The van der Waals surface area contributed by atoms with Crippen molar-refractivity contribution in [3.63, 3.8) is 0 Å². The van der Waals surface area contributed by atoms with Crippen molar-refractivity contribution in [3.05, 3.63) is 0 Å². The van der Waals surface area contributed by atoms with E-state index in [0.29, 0.717) is 0 Å². The van der Waals surface area contributed by atoms with E-state index in [4.69, 9.17) is 0 Å². The zero-order valence-electron chi connectivity index (χ0n) is 11.9. The van der Waals surface area contributed by atoms with Crippen molar-refractivity contribution in [2.24, 2.45) is 11.8 Å². The van der Waals surface area contributed by atoms with E-state index >= 15 is 0 Å². The fourth-order valence-corrected chi connectivity index (χ4v) is 3.56. The summed E-state index contributed by atoms with van der Waals surface area (Å²) in [5, 5.41) is 3.96. The van der Waals surface area contributed by atoms with Gasteiger partial charge in [-0.05, 0) is 51.1 Å². The number of hydrogen-bond donors (Lipinski definition) is 1. The molecule has 4 atom stereocenters. The minimum absolute atomic E-state index is 0.768. The van der Waals surface area contributed by atoms with Crippen LogP contribution >= 0.6 is 0 Å². The van der Waals surface area contributed by atoms with Crippen molar-refractivity contribution in [1.82, 2.24) is 10.2 Å². The van der Waals surface area contributed by atoms with Gasteiger partial charge >= 0.3 is 0 Å². The predicted molar refractivity (Wildman–Crippen MR) is 74.2 cm³/mol. The largest absolute Gasteiger partial charge is 0.311 e. The second-order valence-corrected chi connectivity index (χ2v) is 6.61. The van der Waals surface area contributed by atoms with Gasteiger partial charge in [0.2, 0.25) is 0 Å². The molecule has 2 rings (SSSR count). The lowest BCUT2D eigenvalue weighted by Gasteiger charge is -2.37. The fourth-order valence-electron chi connectivity index (χ4n) is 3.56. The quantitative estimate of drug-likeness (QED) is 0.744. The van der Waals surface area contributed by atoms with Crippen molar-refractivity contribution in [2.75, 3.05) is 20.1 Å². The first-order valence-electron chi connectivity index (χ1n) is 7.59. The fraction of sp³-hybridized carbons (Fsp3) is 1.00. The lowest BCUT2D eigenvalue weighted by Crippen LogP contribution is -2.50. The Balaban J connectivity index is 1.79. The van der Waals surface area contributed by atoms with Crippen LogP contribution in [-0.4, -0.2) is 37.1 Å². The molecule has 2 heteroatoms. The molecular formula is C15H30N2. The number of piperidine rings is 1. The molecule has 1 saturated heterocycles. The number of hydrogen-bond acceptors (Lipinski definition) is 2. The molecule has 2 fully saturated rings. The molecule has 0 amide bonds. The lowest BCUT2D eigenvalue weighted by molar-refractivity contribution is 0.163. The maximum absolute atomic E-state index is 3.96. The highest BCUT2D eigenvalue weighted by atomic mass is 15.1. The summed E-state index contributed by atoms with van der Waals surface area (Å²) in [6.07, 6.45) is 8.45. The van der Waals surface area contributed by atoms with Gasteiger partial charge in [0, 0.05) is 18.6 Å². The van der Waals surface area contributed by atoms with Crippen LogP contribution in [0.2, 0.25) is 0 Å². The molecule has 2 nitrogen and oxygen atoms in total. The van der Waals surface area contributed by atoms with Crippen molar-refractivity contribution in [2.45, 2.75) is 64.5 Å². The van der Waals surface area contributed by atoms with Gasteiger partial charge in [-0.25, -0.2) is 0 Å². The van der Waals surface area contributed by atoms with Gasteiger partial charge in [-0.2, -0.15) is 0 Å². The van der Waals surface area contributed by atoms with Gasteiger partial charge in [0.1, 0.15) is 0 Å². The molecule has 2 aliphatic rings. The van der Waals surface area contributed by atoms with Crippen LogP contribution in [0, 0.1) is 11.8 Å². The average Bonchev–Trinajstić information content (AvgIpc) is 2.48. The molecule has 17 heavy (non-hydrogen) atoms. The van der Waals surface area contributed by atoms with Crippen LogP contribution in [-0.2, 0) is 0 Å². The minimum Gasteiger partial charge on any atom is -0.311 e. The molecule has 0 spiro atoms. The van der Waals surface area contributed by atoms with E-state index in [9.17, 15) is 0 Å². The van der Waals surface area contributed by atoms with Gasteiger partial charge in [-0.3, -0.25) is 0 Å². The first-order chi connectivity index (χ1) is 8.15. The summed E-state index contributed by atoms with van der Waals surface area (Å²) < 4.78 is 0. The summed E-state index contributed by atoms with van der Waals surface area (Å²) in [6, 6.07) is 1.57. The Labute approximate surface area is 107 Å². The molecule has 1 saturated carbocycles. The summed E-state index contributed by atoms with van der Waals surface area (Å²) in [5.41, 5.74) is 0. The first kappa shape index (κ1) is 13.4. The molecule has 0 aromatic rings. The van der Waals surface area contributed by atoms with E-state index in [0.717, 1.165) is 23.9 Å². The molecule has 0 aromatic carbocycles. The Morgan fingerprint density at radius 2 is 1.82 bits per heavy atom. The Kier molecular flexibility index (Phi) is 4.87. The zero-order chi connectivity index (χ0) is 12.3. The van der Waals surface area contributed by atoms with Crippen LogP contribution in [0.25, 0.3) is 0 Å². The molecule has 100 valence electrons. The summed E-state index contributed by atoms with van der Waals surface area (Å²) in [5.74, 6) is 1.77. The third kappa shape index (κ3) is 3.96. The van der Waals surface area contributed by atoms with Crippen molar-refractivity contribution >= 4 is 0 Å². The number of nitrogens with zero attached hydrogens (tertiary/aromatic N) is 1. The third-order valence-electron chi connectivity index (χ3n) is 4.82. The van der Waals surface area contributed by atoms with E-state index in [2.05, 4.69) is 31.1 Å². The average molecular weight is 238 g/mol. The summed E-state index contributed by atoms with van der Waals surface area (Å²) in [6.45, 7) is 7.36. The molecule has 4 unspecified atom stereocenters. The van der Waals surface area contributed by atoms with E-state index in [1.807, 2.05) is 0 Å². The van der Waals surface area contributed by atoms with Gasteiger partial charge in [0.15, 0.2) is 0 Å². The van der Waals surface area contributed by atoms with E-state index < -0.39 is 0 Å². The van der Waals surface area contributed by atoms with Crippen LogP contribution in [0.5, 0.6) is 0 Å². The smallest absolute Gasteiger partial charge is 0.0120 e. The van der Waals surface area contributed by atoms with Crippen LogP contribution in [0.1, 0.15) is 52.4 Å². The Morgan fingerprint density at radius 3 is 2.59 bits per heavy atom. The van der Waals surface area contributed by atoms with Gasteiger partial charge < -0.3 is 10.2 Å². The molecular weight excluding hydrogens is 208 g/mol. The first-order valence-corrected chi connectivity index (χ1v) is 7.59. The van der Waals surface area contributed by atoms with Gasteiger partial charge in [0.05, 0.1) is 0 Å². The van der Waals surface area contributed by atoms with Crippen molar-refractivity contribution in [3.8, 4) is 0 Å². The summed E-state index contributed by atoms with van der Waals surface area (Å²) in [4.78, 5) is 2.47. The van der Waals surface area contributed by atoms with E-state index in [-0.39, 0.29) is 0 Å². The SMILES string of the molecule is CC1CCCC(NC2CCN(C)CC2C)CC1. The lowest BCUT2D eigenvalue weighted by atomic mass is 9.92. The monoisotopic (exact) mass is 238 g/mol. The minimum atomic E-state index is 0.768. The van der Waals surface area contributed by atoms with Crippen molar-refractivity contribution < 1.29 is 0 Å². The highest BCUT2D eigenvalue weighted by Crippen LogP contribution is 2.24. The number of rotatable bonds is 2. The molecule has 1 heterocycles. The van der Waals surface area contributed by atoms with Gasteiger partial charge in [-0.1, -0.05) is 26.7 Å². The summed E-state index contributed by atoms with van der Waals surface area (Å²) in [7, 11) is 2.25. The highest BCUT2D eigenvalue weighted by Gasteiger charge is 2.26. The number of likely N-dealkylation sites (tertiary alicyclic amines) is 1. The van der Waals surface area contributed by atoms with Crippen LogP contribution in [0.3, 0.4) is 0 Å². The molecule has 1 aliphatic heterocycles. The second-order valence-electron chi connectivity index (χ2n) is 6.61. The van der Waals surface area contributed by atoms with Gasteiger partial charge in [-0.15, -0.1) is 0 Å². The Hall–Kier alpha value is -0.0800. The Bertz CT molecular complexity index is 229. The molecule has 0 aromatic heterocycles. The maximum Gasteiger partial charge on any atom is 0.0120 e. The van der Waals surface area contributed by atoms with E-state index in [1.54, 1.807) is 0 Å². The van der Waals surface area contributed by atoms with Crippen molar-refractivity contribution in [1.29, 1.82) is 0 Å². The molecule has 0 bridgehead atoms. The van der Waals surface area contributed by atoms with Gasteiger partial charge in [0.25, 0.3) is 0 Å². The van der Waals surface area contributed by atoms with Crippen LogP contribution < -0.4 is 5.32 Å².